The van der Waals surface area contributed by atoms with Crippen molar-refractivity contribution < 1.29 is 9.84 Å². The van der Waals surface area contributed by atoms with Crippen LogP contribution in [0.5, 0.6) is 5.75 Å². The maximum absolute atomic E-state index is 9.34. The van der Waals surface area contributed by atoms with Crippen LogP contribution in [0.3, 0.4) is 0 Å². The molecule has 164 valence electrons. The summed E-state index contributed by atoms with van der Waals surface area (Å²) in [6.07, 6.45) is 6.13. The molecule has 0 saturated heterocycles. The molecule has 5 rings (SSSR count). The fourth-order valence-corrected chi connectivity index (χ4v) is 4.67. The zero-order valence-electron chi connectivity index (χ0n) is 18.6. The Balaban J connectivity index is 1.35. The summed E-state index contributed by atoms with van der Waals surface area (Å²) in [5, 5.41) is 12.7. The fourth-order valence-electron chi connectivity index (χ4n) is 4.67. The van der Waals surface area contributed by atoms with E-state index in [1.807, 2.05) is 12.1 Å². The number of ether oxygens (including phenoxy) is 1. The summed E-state index contributed by atoms with van der Waals surface area (Å²) in [6.45, 7) is 6.02. The Labute approximate surface area is 189 Å². The quantitative estimate of drug-likeness (QED) is 0.557. The minimum absolute atomic E-state index is 0.0765. The number of benzene rings is 2. The van der Waals surface area contributed by atoms with Crippen LogP contribution in [-0.2, 0) is 13.0 Å². The highest BCUT2D eigenvalue weighted by molar-refractivity contribution is 5.74. The molecule has 0 bridgehead atoms. The number of nitrogens with zero attached hydrogens (tertiary/aromatic N) is 2. The van der Waals surface area contributed by atoms with Gasteiger partial charge in [0, 0.05) is 30.2 Å². The van der Waals surface area contributed by atoms with E-state index in [1.165, 1.54) is 16.7 Å². The minimum Gasteiger partial charge on any atom is -0.484 e. The van der Waals surface area contributed by atoms with Gasteiger partial charge in [-0.05, 0) is 67.7 Å². The molecule has 0 spiro atoms. The Kier molecular flexibility index (Phi) is 5.35. The average Bonchev–Trinajstić information content (AvgIpc) is 3.20. The molecule has 1 aliphatic carbocycles. The number of allylic oxidation sites excluding steroid dienone is 1. The predicted molar refractivity (Wildman–Crippen MR) is 130 cm³/mol. The Hall–Kier alpha value is -3.31. The SMILES string of the molecule is CC1(C)CN(CCC2=CCc3ccccc32)c2ccc(Nc3ccnc(CO)c3)cc2O1. The lowest BCUT2D eigenvalue weighted by molar-refractivity contribution is 0.105. The van der Waals surface area contributed by atoms with Crippen LogP contribution in [0, 0.1) is 0 Å². The highest BCUT2D eigenvalue weighted by Crippen LogP contribution is 2.40. The van der Waals surface area contributed by atoms with E-state index in [1.54, 1.807) is 6.20 Å². The number of aliphatic hydroxyl groups excluding tert-OH is 1. The smallest absolute Gasteiger partial charge is 0.145 e. The number of pyridine rings is 1. The van der Waals surface area contributed by atoms with Crippen LogP contribution in [0.25, 0.3) is 5.57 Å². The van der Waals surface area contributed by atoms with E-state index in [9.17, 15) is 5.11 Å². The maximum Gasteiger partial charge on any atom is 0.145 e. The second-order valence-corrected chi connectivity index (χ2v) is 9.13. The first-order chi connectivity index (χ1) is 15.5. The number of hydrogen-bond donors (Lipinski definition) is 2. The van der Waals surface area contributed by atoms with Gasteiger partial charge in [-0.1, -0.05) is 30.3 Å². The number of anilines is 3. The van der Waals surface area contributed by atoms with Gasteiger partial charge in [-0.15, -0.1) is 0 Å². The zero-order valence-corrected chi connectivity index (χ0v) is 18.6. The Morgan fingerprint density at radius 3 is 2.81 bits per heavy atom. The molecule has 0 fully saturated rings. The number of hydrogen-bond acceptors (Lipinski definition) is 5. The average molecular weight is 428 g/mol. The van der Waals surface area contributed by atoms with Gasteiger partial charge >= 0.3 is 0 Å². The number of aromatic nitrogens is 1. The van der Waals surface area contributed by atoms with E-state index in [0.717, 1.165) is 48.7 Å². The van der Waals surface area contributed by atoms with E-state index >= 15 is 0 Å². The second-order valence-electron chi connectivity index (χ2n) is 9.13. The van der Waals surface area contributed by atoms with Crippen LogP contribution in [0.4, 0.5) is 17.1 Å². The molecular formula is C27H29N3O2. The van der Waals surface area contributed by atoms with Gasteiger partial charge in [-0.3, -0.25) is 4.98 Å². The molecular weight excluding hydrogens is 398 g/mol. The Morgan fingerprint density at radius 2 is 1.94 bits per heavy atom. The van der Waals surface area contributed by atoms with Crippen LogP contribution in [0.2, 0.25) is 0 Å². The molecule has 0 amide bonds. The Bertz CT molecular complexity index is 1170. The van der Waals surface area contributed by atoms with E-state index in [-0.39, 0.29) is 12.2 Å². The van der Waals surface area contributed by atoms with Gasteiger partial charge in [0.05, 0.1) is 24.5 Å². The van der Waals surface area contributed by atoms with Crippen LogP contribution in [0.1, 0.15) is 37.1 Å². The summed E-state index contributed by atoms with van der Waals surface area (Å²) in [7, 11) is 0. The van der Waals surface area contributed by atoms with E-state index in [2.05, 4.69) is 77.6 Å². The van der Waals surface area contributed by atoms with Gasteiger partial charge in [0.15, 0.2) is 0 Å². The third-order valence-electron chi connectivity index (χ3n) is 6.11. The van der Waals surface area contributed by atoms with Crippen LogP contribution >= 0.6 is 0 Å². The molecule has 2 aromatic carbocycles. The number of rotatable bonds is 6. The fraction of sp³-hybridized carbons (Fsp3) is 0.296. The van der Waals surface area contributed by atoms with E-state index < -0.39 is 0 Å². The second kappa shape index (κ2) is 8.32. The van der Waals surface area contributed by atoms with Crippen molar-refractivity contribution in [3.63, 3.8) is 0 Å². The van der Waals surface area contributed by atoms with Crippen LogP contribution < -0.4 is 15.0 Å². The van der Waals surface area contributed by atoms with Gasteiger partial charge < -0.3 is 20.1 Å². The lowest BCUT2D eigenvalue weighted by Crippen LogP contribution is -2.47. The number of fused-ring (bicyclic) bond motifs is 2. The summed E-state index contributed by atoms with van der Waals surface area (Å²) in [4.78, 5) is 6.59. The predicted octanol–water partition coefficient (Wildman–Crippen LogP) is 5.32. The monoisotopic (exact) mass is 427 g/mol. The first-order valence-electron chi connectivity index (χ1n) is 11.2. The lowest BCUT2D eigenvalue weighted by atomic mass is 10.0. The largest absolute Gasteiger partial charge is 0.484 e. The molecule has 0 radical (unpaired) electrons. The lowest BCUT2D eigenvalue weighted by Gasteiger charge is -2.41. The van der Waals surface area contributed by atoms with E-state index in [4.69, 9.17) is 4.74 Å². The summed E-state index contributed by atoms with van der Waals surface area (Å²) >= 11 is 0. The van der Waals surface area contributed by atoms with Crippen molar-refractivity contribution in [3.05, 3.63) is 83.7 Å². The van der Waals surface area contributed by atoms with Crippen molar-refractivity contribution in [3.8, 4) is 5.75 Å². The third-order valence-corrected chi connectivity index (χ3v) is 6.11. The van der Waals surface area contributed by atoms with Gasteiger partial charge in [-0.25, -0.2) is 0 Å². The van der Waals surface area contributed by atoms with Crippen molar-refractivity contribution in [1.29, 1.82) is 0 Å². The molecule has 1 aliphatic heterocycles. The summed E-state index contributed by atoms with van der Waals surface area (Å²) < 4.78 is 6.35. The molecule has 0 saturated carbocycles. The molecule has 0 atom stereocenters. The van der Waals surface area contributed by atoms with Gasteiger partial charge in [0.1, 0.15) is 11.4 Å². The molecule has 2 aliphatic rings. The molecule has 2 heterocycles. The topological polar surface area (TPSA) is 57.6 Å². The van der Waals surface area contributed by atoms with Crippen LogP contribution in [0.15, 0.2) is 66.9 Å². The van der Waals surface area contributed by atoms with Crippen molar-refractivity contribution in [2.24, 2.45) is 0 Å². The van der Waals surface area contributed by atoms with E-state index in [0.29, 0.717) is 5.69 Å². The maximum atomic E-state index is 9.34. The first-order valence-corrected chi connectivity index (χ1v) is 11.2. The normalized spacial score (nSPS) is 16.1. The standard InChI is InChI=1S/C27H29N3O2/c1-27(2)18-30(14-12-20-8-7-19-5-3-4-6-24(19)20)25-10-9-21(16-26(25)32-27)29-22-11-13-28-23(15-22)17-31/h3-6,8-11,13,15-16,31H,7,12,14,17-18H2,1-2H3,(H,28,29). The highest BCUT2D eigenvalue weighted by atomic mass is 16.5. The molecule has 5 nitrogen and oxygen atoms in total. The van der Waals surface area contributed by atoms with Crippen molar-refractivity contribution in [2.45, 2.75) is 38.9 Å². The zero-order chi connectivity index (χ0) is 22.1. The molecule has 3 aromatic rings. The van der Waals surface area contributed by atoms with Gasteiger partial charge in [0.2, 0.25) is 0 Å². The summed E-state index contributed by atoms with van der Waals surface area (Å²) in [6, 6.07) is 18.7. The third kappa shape index (κ3) is 4.21. The van der Waals surface area contributed by atoms with Gasteiger partial charge in [0.25, 0.3) is 0 Å². The van der Waals surface area contributed by atoms with Crippen LogP contribution in [-0.4, -0.2) is 28.8 Å². The summed E-state index contributed by atoms with van der Waals surface area (Å²) in [5.74, 6) is 0.892. The molecule has 2 N–H and O–H groups in total. The minimum atomic E-state index is -0.270. The van der Waals surface area contributed by atoms with Crippen molar-refractivity contribution >= 4 is 22.6 Å². The highest BCUT2D eigenvalue weighted by Gasteiger charge is 2.32. The molecule has 32 heavy (non-hydrogen) atoms. The van der Waals surface area contributed by atoms with Crippen molar-refractivity contribution in [2.75, 3.05) is 23.3 Å². The van der Waals surface area contributed by atoms with Crippen molar-refractivity contribution in [1.82, 2.24) is 4.98 Å². The molecule has 0 unspecified atom stereocenters. The Morgan fingerprint density at radius 1 is 1.09 bits per heavy atom. The number of aliphatic hydroxyl groups is 1. The molecule has 5 heteroatoms. The van der Waals surface area contributed by atoms with Gasteiger partial charge in [-0.2, -0.15) is 0 Å². The first kappa shape index (κ1) is 20.6. The molecule has 1 aromatic heterocycles. The number of nitrogens with one attached hydrogen (secondary N) is 1. The summed E-state index contributed by atoms with van der Waals surface area (Å²) in [5.41, 5.74) is 7.62.